The van der Waals surface area contributed by atoms with Crippen molar-refractivity contribution in [3.05, 3.63) is 180 Å². The van der Waals surface area contributed by atoms with E-state index in [9.17, 15) is 4.39 Å². The number of benzene rings is 4. The molecule has 0 amide bonds. The number of rotatable bonds is 7. The van der Waals surface area contributed by atoms with E-state index in [1.165, 1.54) is 34.0 Å². The van der Waals surface area contributed by atoms with E-state index in [4.69, 9.17) is 9.40 Å². The molecule has 8 rings (SSSR count). The molecule has 1 radical (unpaired) electrons. The van der Waals surface area contributed by atoms with Gasteiger partial charge in [0.1, 0.15) is 5.58 Å². The minimum atomic E-state index is -1.30. The fraction of sp³-hybridized carbons (Fsp3) is 0.152. The molecule has 0 saturated carbocycles. The average Bonchev–Trinajstić information content (AvgIpc) is 3.53. The predicted octanol–water partition coefficient (Wildman–Crippen LogP) is 11.1. The third kappa shape index (κ3) is 8.77. The molecule has 4 heterocycles. The van der Waals surface area contributed by atoms with E-state index in [1.54, 1.807) is 6.07 Å². The SMILES string of the molecule is C[Si](C)(C)c1ccc(-c2[c-]cc(F)cc2)nc1.Cc1cc2oc3c[c-]c(-c4cc(Cc5ccccc5)ccn4)cc3c2c(C(C)c2ccccc2)n1.[Ir]. The standard InChI is InChI=1S/C32H25N2O.C14H15FNSi.Ir/c1-21-17-30-31(32(34-21)22(2)25-11-7-4-8-12-25)27-20-26(13-14-29(27)35-30)28-19-24(15-16-33-28)18-23-9-5-3-6-10-23;1-17(2,3)13-8-9-14(16-10-13)11-4-6-12(15)7-5-11;/h3-12,14-17,19-20,22H,18H2,1-2H3;4,6-10H,1-3H3;/q2*-1;. The van der Waals surface area contributed by atoms with Crippen LogP contribution in [0.3, 0.4) is 0 Å². The molecule has 4 nitrogen and oxygen atoms in total. The molecule has 4 aromatic heterocycles. The Balaban J connectivity index is 0.000000226. The monoisotopic (exact) mass is 890 g/mol. The van der Waals surface area contributed by atoms with Crippen LogP contribution < -0.4 is 5.19 Å². The number of hydrogen-bond donors (Lipinski definition) is 0. The third-order valence-electron chi connectivity index (χ3n) is 9.28. The van der Waals surface area contributed by atoms with Crippen molar-refractivity contribution in [2.24, 2.45) is 0 Å². The van der Waals surface area contributed by atoms with Gasteiger partial charge in [-0.15, -0.1) is 53.6 Å². The molecule has 53 heavy (non-hydrogen) atoms. The van der Waals surface area contributed by atoms with Gasteiger partial charge in [-0.25, -0.2) is 0 Å². The van der Waals surface area contributed by atoms with E-state index in [1.807, 2.05) is 49.6 Å². The number of pyridine rings is 3. The van der Waals surface area contributed by atoms with Gasteiger partial charge in [-0.3, -0.25) is 9.37 Å². The van der Waals surface area contributed by atoms with Gasteiger partial charge in [-0.1, -0.05) is 111 Å². The van der Waals surface area contributed by atoms with Gasteiger partial charge >= 0.3 is 0 Å². The first-order valence-electron chi connectivity index (χ1n) is 17.6. The van der Waals surface area contributed by atoms with Crippen molar-refractivity contribution in [1.82, 2.24) is 15.0 Å². The average molecular weight is 890 g/mol. The summed E-state index contributed by atoms with van der Waals surface area (Å²) in [6.45, 7) is 11.1. The minimum absolute atomic E-state index is 0. The zero-order valence-electron chi connectivity index (χ0n) is 30.4. The van der Waals surface area contributed by atoms with Gasteiger partial charge in [0, 0.05) is 61.4 Å². The van der Waals surface area contributed by atoms with Crippen LogP contribution >= 0.6 is 0 Å². The summed E-state index contributed by atoms with van der Waals surface area (Å²) in [5.74, 6) is -0.133. The van der Waals surface area contributed by atoms with Crippen LogP contribution in [0.2, 0.25) is 19.6 Å². The molecule has 0 saturated heterocycles. The Bertz CT molecular complexity index is 2440. The molecule has 0 aliphatic rings. The van der Waals surface area contributed by atoms with E-state index < -0.39 is 8.07 Å². The molecule has 267 valence electrons. The van der Waals surface area contributed by atoms with Crippen molar-refractivity contribution in [2.45, 2.75) is 45.8 Å². The first kappa shape index (κ1) is 37.7. The summed E-state index contributed by atoms with van der Waals surface area (Å²) in [7, 11) is -1.30. The number of hydrogen-bond acceptors (Lipinski definition) is 4. The smallest absolute Gasteiger partial charge is 0.124 e. The second-order valence-electron chi connectivity index (χ2n) is 14.2. The van der Waals surface area contributed by atoms with Crippen molar-refractivity contribution < 1.29 is 28.9 Å². The fourth-order valence-corrected chi connectivity index (χ4v) is 7.42. The van der Waals surface area contributed by atoms with E-state index in [0.717, 1.165) is 62.3 Å². The molecule has 0 bridgehead atoms. The maximum Gasteiger partial charge on any atom is 0.124 e. The first-order chi connectivity index (χ1) is 25.1. The molecule has 0 aliphatic heterocycles. The zero-order chi connectivity index (χ0) is 36.2. The molecule has 8 aromatic rings. The molecule has 7 heteroatoms. The Morgan fingerprint density at radius 1 is 0.736 bits per heavy atom. The summed E-state index contributed by atoms with van der Waals surface area (Å²) in [6, 6.07) is 46.2. The number of furan rings is 1. The van der Waals surface area contributed by atoms with Crippen molar-refractivity contribution in [2.75, 3.05) is 0 Å². The van der Waals surface area contributed by atoms with E-state index >= 15 is 0 Å². The van der Waals surface area contributed by atoms with Crippen LogP contribution in [0.1, 0.15) is 40.9 Å². The molecular weight excluding hydrogens is 850 g/mol. The Morgan fingerprint density at radius 3 is 2.15 bits per heavy atom. The van der Waals surface area contributed by atoms with Gasteiger partial charge in [0.05, 0.1) is 19.4 Å². The molecule has 0 fully saturated rings. The van der Waals surface area contributed by atoms with E-state index in [2.05, 4.69) is 121 Å². The van der Waals surface area contributed by atoms with Crippen LogP contribution in [-0.4, -0.2) is 23.0 Å². The van der Waals surface area contributed by atoms with E-state index in [-0.39, 0.29) is 31.8 Å². The number of halogens is 1. The van der Waals surface area contributed by atoms with Crippen LogP contribution in [0.15, 0.2) is 138 Å². The van der Waals surface area contributed by atoms with Crippen molar-refractivity contribution in [3.8, 4) is 22.5 Å². The Kier molecular flexibility index (Phi) is 11.6. The molecule has 0 N–H and O–H groups in total. The van der Waals surface area contributed by atoms with Crippen molar-refractivity contribution in [3.63, 3.8) is 0 Å². The quantitative estimate of drug-likeness (QED) is 0.118. The maximum absolute atomic E-state index is 12.8. The van der Waals surface area contributed by atoms with Crippen LogP contribution in [0.5, 0.6) is 0 Å². The Morgan fingerprint density at radius 2 is 1.47 bits per heavy atom. The molecule has 4 aromatic carbocycles. The Hall–Kier alpha value is -5.07. The summed E-state index contributed by atoms with van der Waals surface area (Å²) < 4.78 is 19.0. The second-order valence-corrected chi connectivity index (χ2v) is 19.3. The van der Waals surface area contributed by atoms with Crippen LogP contribution in [0, 0.1) is 24.9 Å². The van der Waals surface area contributed by atoms with Crippen LogP contribution in [-0.2, 0) is 26.5 Å². The summed E-state index contributed by atoms with van der Waals surface area (Å²) in [5.41, 5.74) is 10.9. The van der Waals surface area contributed by atoms with Crippen molar-refractivity contribution >= 4 is 35.2 Å². The third-order valence-corrected chi connectivity index (χ3v) is 11.3. The maximum atomic E-state index is 12.8. The fourth-order valence-electron chi connectivity index (χ4n) is 6.38. The summed E-state index contributed by atoms with van der Waals surface area (Å²) in [4.78, 5) is 14.1. The number of fused-ring (bicyclic) bond motifs is 3. The molecule has 1 unspecified atom stereocenters. The van der Waals surface area contributed by atoms with Crippen LogP contribution in [0.25, 0.3) is 44.5 Å². The van der Waals surface area contributed by atoms with Gasteiger partial charge in [-0.05, 0) is 52.7 Å². The van der Waals surface area contributed by atoms with E-state index in [0.29, 0.717) is 0 Å². The predicted molar refractivity (Wildman–Crippen MR) is 213 cm³/mol. The van der Waals surface area contributed by atoms with Gasteiger partial charge < -0.3 is 14.4 Å². The summed E-state index contributed by atoms with van der Waals surface area (Å²) in [6.07, 6.45) is 4.68. The summed E-state index contributed by atoms with van der Waals surface area (Å²) >= 11 is 0. The Labute approximate surface area is 325 Å². The van der Waals surface area contributed by atoms with Crippen molar-refractivity contribution in [1.29, 1.82) is 0 Å². The molecule has 1 atom stereocenters. The largest absolute Gasteiger partial charge is 0.500 e. The van der Waals surface area contributed by atoms with Gasteiger partial charge in [0.2, 0.25) is 0 Å². The first-order valence-corrected chi connectivity index (χ1v) is 21.1. The van der Waals surface area contributed by atoms with Gasteiger partial charge in [0.15, 0.2) is 0 Å². The number of nitrogens with zero attached hydrogens (tertiary/aromatic N) is 3. The normalized spacial score (nSPS) is 11.8. The topological polar surface area (TPSA) is 51.8 Å². The van der Waals surface area contributed by atoms with Gasteiger partial charge in [0.25, 0.3) is 0 Å². The van der Waals surface area contributed by atoms with Crippen LogP contribution in [0.4, 0.5) is 4.39 Å². The second kappa shape index (κ2) is 16.3. The molecule has 0 spiro atoms. The molecule has 0 aliphatic carbocycles. The minimum Gasteiger partial charge on any atom is -0.500 e. The summed E-state index contributed by atoms with van der Waals surface area (Å²) in [5, 5.41) is 3.44. The number of aromatic nitrogens is 3. The molecular formula is C46H40FIrN3OSi-2. The zero-order valence-corrected chi connectivity index (χ0v) is 33.8. The van der Waals surface area contributed by atoms with Gasteiger partial charge in [-0.2, -0.15) is 0 Å². The number of aryl methyl sites for hydroxylation is 1.